The smallest absolute Gasteiger partial charge is 0.246 e. The molecule has 152 valence electrons. The first-order valence-electron chi connectivity index (χ1n) is 9.75. The molecule has 0 aliphatic carbocycles. The lowest BCUT2D eigenvalue weighted by Gasteiger charge is -2.42. The maximum Gasteiger partial charge on any atom is 0.246 e. The molecule has 2 amide bonds. The molecule has 0 bridgehead atoms. The lowest BCUT2D eigenvalue weighted by atomic mass is 9.95. The van der Waals surface area contributed by atoms with Crippen LogP contribution in [0.5, 0.6) is 0 Å². The Morgan fingerprint density at radius 3 is 1.72 bits per heavy atom. The standard InChI is InChI=1S/C22H27N5O2/c1-4-24-25-18-11-7-16(8-12-18)14-20-22(29)26(2)19(21(28)27(20)3)13-15-5-9-17(23)10-6-15/h5-12,19-20H,4,13-14,23H2,1-3H3. The molecule has 0 saturated carbocycles. The average molecular weight is 393 g/mol. The minimum absolute atomic E-state index is 0.0534. The number of hydrogen-bond donors (Lipinski definition) is 1. The van der Waals surface area contributed by atoms with E-state index in [1.54, 1.807) is 36.0 Å². The minimum Gasteiger partial charge on any atom is -0.399 e. The van der Waals surface area contributed by atoms with Gasteiger partial charge in [-0.3, -0.25) is 9.59 Å². The number of hydrogen-bond acceptors (Lipinski definition) is 5. The maximum atomic E-state index is 13.0. The fourth-order valence-electron chi connectivity index (χ4n) is 3.51. The Morgan fingerprint density at radius 2 is 1.28 bits per heavy atom. The van der Waals surface area contributed by atoms with Crippen LogP contribution in [-0.2, 0) is 22.4 Å². The van der Waals surface area contributed by atoms with Crippen LogP contribution in [0, 0.1) is 0 Å². The Morgan fingerprint density at radius 1 is 0.828 bits per heavy atom. The van der Waals surface area contributed by atoms with Crippen LogP contribution in [-0.4, -0.2) is 54.3 Å². The van der Waals surface area contributed by atoms with Gasteiger partial charge in [-0.1, -0.05) is 24.3 Å². The van der Waals surface area contributed by atoms with E-state index < -0.39 is 12.1 Å². The SMILES string of the molecule is CCN=Nc1ccc(CC2C(=O)N(C)C(Cc3ccc(N)cc3)C(=O)N2C)cc1. The highest BCUT2D eigenvalue weighted by Crippen LogP contribution is 2.23. The van der Waals surface area contributed by atoms with Gasteiger partial charge in [-0.15, -0.1) is 0 Å². The number of carbonyl (C=O) groups excluding carboxylic acids is 2. The van der Waals surface area contributed by atoms with E-state index in [2.05, 4.69) is 10.2 Å². The first kappa shape index (κ1) is 20.5. The van der Waals surface area contributed by atoms with Crippen molar-refractivity contribution in [1.82, 2.24) is 9.80 Å². The molecule has 1 aliphatic rings. The van der Waals surface area contributed by atoms with Gasteiger partial charge < -0.3 is 15.5 Å². The summed E-state index contributed by atoms with van der Waals surface area (Å²) < 4.78 is 0. The number of benzene rings is 2. The van der Waals surface area contributed by atoms with Crippen LogP contribution in [0.1, 0.15) is 18.1 Å². The number of nitrogens with zero attached hydrogens (tertiary/aromatic N) is 4. The van der Waals surface area contributed by atoms with E-state index in [1.165, 1.54) is 0 Å². The second kappa shape index (κ2) is 8.86. The highest BCUT2D eigenvalue weighted by atomic mass is 16.2. The molecule has 0 aromatic heterocycles. The van der Waals surface area contributed by atoms with Gasteiger partial charge in [-0.2, -0.15) is 10.2 Å². The van der Waals surface area contributed by atoms with Crippen molar-refractivity contribution in [2.75, 3.05) is 26.4 Å². The van der Waals surface area contributed by atoms with E-state index in [0.717, 1.165) is 16.8 Å². The van der Waals surface area contributed by atoms with Crippen molar-refractivity contribution in [3.8, 4) is 0 Å². The van der Waals surface area contributed by atoms with Crippen molar-refractivity contribution in [3.05, 3.63) is 59.7 Å². The normalized spacial score (nSPS) is 20.0. The first-order chi connectivity index (χ1) is 13.9. The molecule has 7 nitrogen and oxygen atoms in total. The zero-order chi connectivity index (χ0) is 21.0. The quantitative estimate of drug-likeness (QED) is 0.604. The summed E-state index contributed by atoms with van der Waals surface area (Å²) in [5.41, 5.74) is 9.13. The number of nitrogens with two attached hydrogens (primary N) is 1. The molecule has 1 aliphatic heterocycles. The molecule has 2 unspecified atom stereocenters. The van der Waals surface area contributed by atoms with Gasteiger partial charge in [0.05, 0.1) is 12.2 Å². The van der Waals surface area contributed by atoms with Crippen LogP contribution in [0.3, 0.4) is 0 Å². The van der Waals surface area contributed by atoms with Crippen LogP contribution in [0.25, 0.3) is 0 Å². The third-order valence-electron chi connectivity index (χ3n) is 5.30. The van der Waals surface area contributed by atoms with Gasteiger partial charge in [0.15, 0.2) is 0 Å². The zero-order valence-electron chi connectivity index (χ0n) is 17.1. The van der Waals surface area contributed by atoms with Gasteiger partial charge in [0, 0.05) is 32.6 Å². The van der Waals surface area contributed by atoms with Crippen molar-refractivity contribution in [2.24, 2.45) is 10.2 Å². The third kappa shape index (κ3) is 4.62. The monoisotopic (exact) mass is 393 g/mol. The summed E-state index contributed by atoms with van der Waals surface area (Å²) in [4.78, 5) is 29.2. The van der Waals surface area contributed by atoms with Gasteiger partial charge in [-0.05, 0) is 42.3 Å². The molecule has 2 atom stereocenters. The third-order valence-corrected chi connectivity index (χ3v) is 5.30. The van der Waals surface area contributed by atoms with E-state index in [1.807, 2.05) is 43.3 Å². The number of likely N-dealkylation sites (N-methyl/N-ethyl adjacent to an activating group) is 2. The summed E-state index contributed by atoms with van der Waals surface area (Å²) >= 11 is 0. The second-order valence-corrected chi connectivity index (χ2v) is 7.30. The highest BCUT2D eigenvalue weighted by molar-refractivity contribution is 5.97. The number of amides is 2. The van der Waals surface area contributed by atoms with Crippen LogP contribution in [0.4, 0.5) is 11.4 Å². The van der Waals surface area contributed by atoms with Gasteiger partial charge in [-0.25, -0.2) is 0 Å². The molecule has 29 heavy (non-hydrogen) atoms. The summed E-state index contributed by atoms with van der Waals surface area (Å²) in [7, 11) is 3.41. The Kier molecular flexibility index (Phi) is 6.26. The van der Waals surface area contributed by atoms with Crippen molar-refractivity contribution in [3.63, 3.8) is 0 Å². The zero-order valence-corrected chi connectivity index (χ0v) is 17.1. The van der Waals surface area contributed by atoms with Crippen LogP contribution in [0.2, 0.25) is 0 Å². The summed E-state index contributed by atoms with van der Waals surface area (Å²) in [5, 5.41) is 8.08. The molecule has 3 rings (SSSR count). The molecular formula is C22H27N5O2. The molecule has 2 aromatic carbocycles. The maximum absolute atomic E-state index is 13.0. The Hall–Kier alpha value is -3.22. The van der Waals surface area contributed by atoms with Crippen LogP contribution < -0.4 is 5.73 Å². The van der Waals surface area contributed by atoms with Crippen molar-refractivity contribution < 1.29 is 9.59 Å². The second-order valence-electron chi connectivity index (χ2n) is 7.30. The molecular weight excluding hydrogens is 366 g/mol. The summed E-state index contributed by atoms with van der Waals surface area (Å²) in [5.74, 6) is -0.107. The molecule has 0 radical (unpaired) electrons. The Bertz CT molecular complexity index is 892. The van der Waals surface area contributed by atoms with E-state index >= 15 is 0 Å². The fraction of sp³-hybridized carbons (Fsp3) is 0.364. The van der Waals surface area contributed by atoms with Crippen molar-refractivity contribution in [2.45, 2.75) is 31.8 Å². The molecule has 0 spiro atoms. The largest absolute Gasteiger partial charge is 0.399 e. The molecule has 1 heterocycles. The highest BCUT2D eigenvalue weighted by Gasteiger charge is 2.42. The summed E-state index contributed by atoms with van der Waals surface area (Å²) in [6, 6.07) is 14.0. The van der Waals surface area contributed by atoms with E-state index in [9.17, 15) is 9.59 Å². The van der Waals surface area contributed by atoms with Crippen LogP contribution in [0.15, 0.2) is 58.8 Å². The lowest BCUT2D eigenvalue weighted by molar-refractivity contribution is -0.158. The molecule has 2 N–H and O–H groups in total. The fourth-order valence-corrected chi connectivity index (χ4v) is 3.51. The number of rotatable bonds is 6. The Labute approximate surface area is 171 Å². The first-order valence-corrected chi connectivity index (χ1v) is 9.75. The predicted molar refractivity (Wildman–Crippen MR) is 113 cm³/mol. The average Bonchev–Trinajstić information content (AvgIpc) is 2.73. The lowest BCUT2D eigenvalue weighted by Crippen LogP contribution is -2.63. The molecule has 1 fully saturated rings. The molecule has 1 saturated heterocycles. The van der Waals surface area contributed by atoms with E-state index in [4.69, 9.17) is 5.73 Å². The minimum atomic E-state index is -0.515. The van der Waals surface area contributed by atoms with Gasteiger partial charge in [0.2, 0.25) is 11.8 Å². The van der Waals surface area contributed by atoms with Gasteiger partial charge in [0.25, 0.3) is 0 Å². The number of azo groups is 1. The topological polar surface area (TPSA) is 91.4 Å². The van der Waals surface area contributed by atoms with Crippen molar-refractivity contribution in [1.29, 1.82) is 0 Å². The van der Waals surface area contributed by atoms with E-state index in [-0.39, 0.29) is 11.8 Å². The number of nitrogen functional groups attached to an aromatic ring is 1. The van der Waals surface area contributed by atoms with Gasteiger partial charge >= 0.3 is 0 Å². The van der Waals surface area contributed by atoms with Crippen molar-refractivity contribution >= 4 is 23.2 Å². The predicted octanol–water partition coefficient (Wildman–Crippen LogP) is 2.83. The number of piperazine rings is 1. The summed E-state index contributed by atoms with van der Waals surface area (Å²) in [6.07, 6.45) is 0.931. The number of anilines is 1. The molecule has 2 aromatic rings. The number of carbonyl (C=O) groups is 2. The van der Waals surface area contributed by atoms with Gasteiger partial charge in [0.1, 0.15) is 12.1 Å². The Balaban J connectivity index is 1.72. The van der Waals surface area contributed by atoms with Crippen LogP contribution >= 0.6 is 0 Å². The molecule has 7 heteroatoms. The summed E-state index contributed by atoms with van der Waals surface area (Å²) in [6.45, 7) is 2.56. The van der Waals surface area contributed by atoms with E-state index in [0.29, 0.717) is 25.1 Å².